The number of nitrogens with one attached hydrogen (secondary N) is 1. The zero-order valence-corrected chi connectivity index (χ0v) is 18.2. The molecule has 4 rings (SSSR count). The van der Waals surface area contributed by atoms with Crippen LogP contribution in [0.25, 0.3) is 11.1 Å². The van der Waals surface area contributed by atoms with Crippen molar-refractivity contribution in [3.63, 3.8) is 0 Å². The minimum absolute atomic E-state index is 0.0823. The molecule has 2 aromatic carbocycles. The standard InChI is InChI=1S/C26H26FN3O3/c27-22-8-2-9-23(17-22)33-14-4-10-25(31)30-13-12-29-26(32)24(30)16-19-5-1-6-20(15-19)21-7-3-11-28-18-21/h1-3,5-9,11,15,17-18,24H,4,10,12-14,16H2,(H,29,32)/t24-/m1/s1. The Kier molecular flexibility index (Phi) is 7.29. The second-order valence-corrected chi connectivity index (χ2v) is 7.95. The average Bonchev–Trinajstić information content (AvgIpc) is 2.84. The third kappa shape index (κ3) is 5.94. The molecule has 1 N–H and O–H groups in total. The third-order valence-electron chi connectivity index (χ3n) is 5.60. The molecule has 1 aliphatic rings. The molecule has 2 heterocycles. The van der Waals surface area contributed by atoms with E-state index >= 15 is 0 Å². The second kappa shape index (κ2) is 10.7. The number of carbonyl (C=O) groups is 2. The van der Waals surface area contributed by atoms with Gasteiger partial charge in [0.25, 0.3) is 0 Å². The minimum atomic E-state index is -0.556. The molecule has 6 nitrogen and oxygen atoms in total. The molecule has 33 heavy (non-hydrogen) atoms. The van der Waals surface area contributed by atoms with Crippen LogP contribution >= 0.6 is 0 Å². The Balaban J connectivity index is 1.37. The number of hydrogen-bond donors (Lipinski definition) is 1. The summed E-state index contributed by atoms with van der Waals surface area (Å²) < 4.78 is 18.8. The highest BCUT2D eigenvalue weighted by Crippen LogP contribution is 2.22. The highest BCUT2D eigenvalue weighted by Gasteiger charge is 2.32. The average molecular weight is 448 g/mol. The quantitative estimate of drug-likeness (QED) is 0.536. The molecule has 1 fully saturated rings. The summed E-state index contributed by atoms with van der Waals surface area (Å²) in [7, 11) is 0. The molecule has 0 saturated carbocycles. The van der Waals surface area contributed by atoms with E-state index in [4.69, 9.17) is 4.74 Å². The number of nitrogens with zero attached hydrogens (tertiary/aromatic N) is 2. The number of ether oxygens (including phenoxy) is 1. The first-order valence-corrected chi connectivity index (χ1v) is 11.0. The molecule has 2 amide bonds. The summed E-state index contributed by atoms with van der Waals surface area (Å²) in [6, 6.07) is 17.2. The Morgan fingerprint density at radius 2 is 1.97 bits per heavy atom. The van der Waals surface area contributed by atoms with Gasteiger partial charge in [0.2, 0.25) is 11.8 Å². The van der Waals surface area contributed by atoms with Gasteiger partial charge in [-0.3, -0.25) is 14.6 Å². The second-order valence-electron chi connectivity index (χ2n) is 7.95. The van der Waals surface area contributed by atoms with Crippen LogP contribution in [0.3, 0.4) is 0 Å². The molecule has 0 aliphatic carbocycles. The number of amides is 2. The first kappa shape index (κ1) is 22.5. The molecule has 0 spiro atoms. The predicted molar refractivity (Wildman–Crippen MR) is 123 cm³/mol. The summed E-state index contributed by atoms with van der Waals surface area (Å²) in [4.78, 5) is 31.4. The third-order valence-corrected chi connectivity index (χ3v) is 5.60. The maximum Gasteiger partial charge on any atom is 0.243 e. The van der Waals surface area contributed by atoms with E-state index in [1.54, 1.807) is 29.4 Å². The Morgan fingerprint density at radius 3 is 2.79 bits per heavy atom. The summed E-state index contributed by atoms with van der Waals surface area (Å²) in [6.45, 7) is 1.21. The van der Waals surface area contributed by atoms with Crippen LogP contribution < -0.4 is 10.1 Å². The van der Waals surface area contributed by atoms with Crippen molar-refractivity contribution in [1.82, 2.24) is 15.2 Å². The smallest absolute Gasteiger partial charge is 0.243 e. The Hall–Kier alpha value is -3.74. The van der Waals surface area contributed by atoms with Crippen LogP contribution in [0.15, 0.2) is 73.1 Å². The fourth-order valence-electron chi connectivity index (χ4n) is 3.96. The molecule has 0 unspecified atom stereocenters. The number of hydrogen-bond acceptors (Lipinski definition) is 4. The molecule has 1 saturated heterocycles. The largest absolute Gasteiger partial charge is 0.493 e. The van der Waals surface area contributed by atoms with Crippen LogP contribution in [0, 0.1) is 5.82 Å². The van der Waals surface area contributed by atoms with E-state index in [-0.39, 0.29) is 24.1 Å². The van der Waals surface area contributed by atoms with Gasteiger partial charge in [-0.05, 0) is 41.3 Å². The Bertz CT molecular complexity index is 1110. The molecule has 1 aromatic heterocycles. The van der Waals surface area contributed by atoms with Crippen LogP contribution in [-0.2, 0) is 16.0 Å². The van der Waals surface area contributed by atoms with E-state index in [0.717, 1.165) is 16.7 Å². The molecule has 0 bridgehead atoms. The molecular formula is C26H26FN3O3. The van der Waals surface area contributed by atoms with E-state index in [2.05, 4.69) is 10.3 Å². The number of rotatable bonds is 8. The zero-order valence-electron chi connectivity index (χ0n) is 18.2. The van der Waals surface area contributed by atoms with Gasteiger partial charge in [0.05, 0.1) is 6.61 Å². The van der Waals surface area contributed by atoms with Gasteiger partial charge in [-0.1, -0.05) is 36.4 Å². The number of benzene rings is 2. The molecule has 3 aromatic rings. The lowest BCUT2D eigenvalue weighted by molar-refractivity contribution is -0.143. The van der Waals surface area contributed by atoms with Crippen molar-refractivity contribution in [3.8, 4) is 16.9 Å². The minimum Gasteiger partial charge on any atom is -0.493 e. The van der Waals surface area contributed by atoms with Crippen molar-refractivity contribution in [2.45, 2.75) is 25.3 Å². The highest BCUT2D eigenvalue weighted by atomic mass is 19.1. The van der Waals surface area contributed by atoms with Gasteiger partial charge in [0.15, 0.2) is 0 Å². The first-order chi connectivity index (χ1) is 16.1. The Morgan fingerprint density at radius 1 is 1.12 bits per heavy atom. The molecule has 0 radical (unpaired) electrons. The van der Waals surface area contributed by atoms with Crippen molar-refractivity contribution in [2.24, 2.45) is 0 Å². The monoisotopic (exact) mass is 447 g/mol. The van der Waals surface area contributed by atoms with Gasteiger partial charge >= 0.3 is 0 Å². The van der Waals surface area contributed by atoms with Gasteiger partial charge in [-0.2, -0.15) is 0 Å². The molecule has 7 heteroatoms. The Labute approximate surface area is 192 Å². The van der Waals surface area contributed by atoms with Crippen molar-refractivity contribution >= 4 is 11.8 Å². The fraction of sp³-hybridized carbons (Fsp3) is 0.269. The van der Waals surface area contributed by atoms with Crippen molar-refractivity contribution in [3.05, 3.63) is 84.4 Å². The summed E-state index contributed by atoms with van der Waals surface area (Å²) >= 11 is 0. The SMILES string of the molecule is O=C1NCCN(C(=O)CCCOc2cccc(F)c2)[C@@H]1Cc1cccc(-c2cccnc2)c1. The van der Waals surface area contributed by atoms with Crippen molar-refractivity contribution in [2.75, 3.05) is 19.7 Å². The summed E-state index contributed by atoms with van der Waals surface area (Å²) in [6.07, 6.45) is 4.71. The van der Waals surface area contributed by atoms with Crippen LogP contribution in [0.2, 0.25) is 0 Å². The van der Waals surface area contributed by atoms with Gasteiger partial charge in [-0.15, -0.1) is 0 Å². The van der Waals surface area contributed by atoms with Crippen LogP contribution in [0.5, 0.6) is 5.75 Å². The van der Waals surface area contributed by atoms with Gasteiger partial charge in [-0.25, -0.2) is 4.39 Å². The normalized spacial score (nSPS) is 15.7. The number of piperazine rings is 1. The van der Waals surface area contributed by atoms with Gasteiger partial charge < -0.3 is 15.0 Å². The fourth-order valence-corrected chi connectivity index (χ4v) is 3.96. The molecule has 1 atom stereocenters. The molecule has 170 valence electrons. The van der Waals surface area contributed by atoms with Crippen LogP contribution in [0.1, 0.15) is 18.4 Å². The maximum atomic E-state index is 13.2. The number of pyridine rings is 1. The summed E-state index contributed by atoms with van der Waals surface area (Å²) in [5.41, 5.74) is 2.99. The molecular weight excluding hydrogens is 421 g/mol. The van der Waals surface area contributed by atoms with E-state index in [1.165, 1.54) is 12.1 Å². The number of carbonyl (C=O) groups excluding carboxylic acids is 2. The summed E-state index contributed by atoms with van der Waals surface area (Å²) in [5, 5.41) is 2.87. The van der Waals surface area contributed by atoms with Gasteiger partial charge in [0, 0.05) is 44.4 Å². The van der Waals surface area contributed by atoms with E-state index in [0.29, 0.717) is 38.3 Å². The van der Waals surface area contributed by atoms with Gasteiger partial charge in [0.1, 0.15) is 17.6 Å². The van der Waals surface area contributed by atoms with E-state index in [1.807, 2.05) is 36.4 Å². The van der Waals surface area contributed by atoms with Crippen LogP contribution in [0.4, 0.5) is 4.39 Å². The van der Waals surface area contributed by atoms with E-state index < -0.39 is 6.04 Å². The number of aromatic nitrogens is 1. The lowest BCUT2D eigenvalue weighted by Crippen LogP contribution is -2.58. The maximum absolute atomic E-state index is 13.2. The number of halogens is 1. The van der Waals surface area contributed by atoms with Crippen molar-refractivity contribution < 1.29 is 18.7 Å². The molecule has 1 aliphatic heterocycles. The van der Waals surface area contributed by atoms with Crippen molar-refractivity contribution in [1.29, 1.82) is 0 Å². The van der Waals surface area contributed by atoms with E-state index in [9.17, 15) is 14.0 Å². The summed E-state index contributed by atoms with van der Waals surface area (Å²) in [5.74, 6) is -0.150. The van der Waals surface area contributed by atoms with Crippen LogP contribution in [-0.4, -0.2) is 47.4 Å². The lowest BCUT2D eigenvalue weighted by atomic mass is 9.98. The highest BCUT2D eigenvalue weighted by molar-refractivity contribution is 5.89. The first-order valence-electron chi connectivity index (χ1n) is 11.0. The topological polar surface area (TPSA) is 71.5 Å². The lowest BCUT2D eigenvalue weighted by Gasteiger charge is -2.35. The predicted octanol–water partition coefficient (Wildman–Crippen LogP) is 3.62. The zero-order chi connectivity index (χ0) is 23.0.